The van der Waals surface area contributed by atoms with E-state index in [-0.39, 0.29) is 5.69 Å². The molecule has 0 saturated carbocycles. The molecule has 2 N–H and O–H groups in total. The summed E-state index contributed by atoms with van der Waals surface area (Å²) in [5.74, 6) is -1.62. The molecule has 0 saturated heterocycles. The molecule has 0 aromatic carbocycles. The summed E-state index contributed by atoms with van der Waals surface area (Å²) in [5, 5.41) is 11.4. The van der Waals surface area contributed by atoms with E-state index < -0.39 is 17.9 Å². The van der Waals surface area contributed by atoms with Crippen molar-refractivity contribution in [2.75, 3.05) is 0 Å². The van der Waals surface area contributed by atoms with Gasteiger partial charge in [-0.1, -0.05) is 6.08 Å². The molecule has 0 fully saturated rings. The number of amides is 1. The number of carboxylic acid groups (broad SMARTS) is 1. The van der Waals surface area contributed by atoms with E-state index in [9.17, 15) is 9.59 Å². The molecule has 1 aromatic heterocycles. The van der Waals surface area contributed by atoms with Crippen LogP contribution in [0.1, 0.15) is 29.0 Å². The maximum atomic E-state index is 11.7. The first kappa shape index (κ1) is 13.8. The molecule has 1 amide bonds. The van der Waals surface area contributed by atoms with Crippen molar-refractivity contribution in [2.45, 2.75) is 25.8 Å². The second kappa shape index (κ2) is 6.48. The largest absolute Gasteiger partial charge is 0.480 e. The summed E-state index contributed by atoms with van der Waals surface area (Å²) in [6, 6.07) is -0.946. The normalized spacial score (nSPS) is 11.6. The monoisotopic (exact) mass is 249 g/mol. The molecule has 1 rings (SSSR count). The Kier molecular flexibility index (Phi) is 4.98. The molecular formula is C12H15N3O3. The van der Waals surface area contributed by atoms with Crippen LogP contribution in [-0.4, -0.2) is 33.0 Å². The highest BCUT2D eigenvalue weighted by molar-refractivity contribution is 5.94. The second-order valence-electron chi connectivity index (χ2n) is 3.77. The van der Waals surface area contributed by atoms with Crippen molar-refractivity contribution in [2.24, 2.45) is 0 Å². The van der Waals surface area contributed by atoms with Crippen LogP contribution in [0.5, 0.6) is 0 Å². The maximum absolute atomic E-state index is 11.7. The number of carboxylic acids is 1. The van der Waals surface area contributed by atoms with Gasteiger partial charge in [-0.2, -0.15) is 0 Å². The van der Waals surface area contributed by atoms with Crippen LogP contribution >= 0.6 is 0 Å². The van der Waals surface area contributed by atoms with Gasteiger partial charge in [0.05, 0.1) is 11.9 Å². The molecule has 1 aromatic rings. The first-order valence-electron chi connectivity index (χ1n) is 5.47. The summed E-state index contributed by atoms with van der Waals surface area (Å²) in [6.07, 6.45) is 5.18. The van der Waals surface area contributed by atoms with E-state index in [1.807, 2.05) is 0 Å². The van der Waals surface area contributed by atoms with E-state index in [1.165, 1.54) is 12.4 Å². The van der Waals surface area contributed by atoms with Crippen molar-refractivity contribution in [1.82, 2.24) is 15.3 Å². The van der Waals surface area contributed by atoms with Crippen molar-refractivity contribution in [3.05, 3.63) is 36.4 Å². The Morgan fingerprint density at radius 3 is 2.72 bits per heavy atom. The summed E-state index contributed by atoms with van der Waals surface area (Å²) in [7, 11) is 0. The van der Waals surface area contributed by atoms with Crippen molar-refractivity contribution < 1.29 is 14.7 Å². The van der Waals surface area contributed by atoms with Gasteiger partial charge in [-0.15, -0.1) is 6.58 Å². The third-order valence-corrected chi connectivity index (χ3v) is 2.28. The van der Waals surface area contributed by atoms with Crippen LogP contribution in [0.2, 0.25) is 0 Å². The highest BCUT2D eigenvalue weighted by Crippen LogP contribution is 2.01. The van der Waals surface area contributed by atoms with Gasteiger partial charge in [-0.25, -0.2) is 9.78 Å². The number of aliphatic carboxylic acids is 1. The molecule has 0 spiro atoms. The minimum atomic E-state index is -1.08. The fourth-order valence-electron chi connectivity index (χ4n) is 1.28. The summed E-state index contributed by atoms with van der Waals surface area (Å²) < 4.78 is 0. The van der Waals surface area contributed by atoms with Crippen molar-refractivity contribution >= 4 is 11.9 Å². The quantitative estimate of drug-likeness (QED) is 0.732. The molecule has 96 valence electrons. The van der Waals surface area contributed by atoms with E-state index in [0.717, 1.165) is 0 Å². The van der Waals surface area contributed by atoms with Crippen LogP contribution in [0.15, 0.2) is 25.0 Å². The Bertz CT molecular complexity index is 442. The van der Waals surface area contributed by atoms with Crippen molar-refractivity contribution in [1.29, 1.82) is 0 Å². The van der Waals surface area contributed by atoms with Crippen LogP contribution in [0.25, 0.3) is 0 Å². The number of rotatable bonds is 6. The van der Waals surface area contributed by atoms with E-state index in [1.54, 1.807) is 13.0 Å². The van der Waals surface area contributed by atoms with Gasteiger partial charge >= 0.3 is 5.97 Å². The summed E-state index contributed by atoms with van der Waals surface area (Å²) >= 11 is 0. The van der Waals surface area contributed by atoms with Gasteiger partial charge in [0.2, 0.25) is 0 Å². The molecular weight excluding hydrogens is 234 g/mol. The van der Waals surface area contributed by atoms with Gasteiger partial charge in [0.1, 0.15) is 11.7 Å². The number of aryl methyl sites for hydroxylation is 1. The molecule has 0 radical (unpaired) electrons. The molecule has 1 heterocycles. The Labute approximate surface area is 105 Å². The van der Waals surface area contributed by atoms with Gasteiger partial charge < -0.3 is 10.4 Å². The minimum Gasteiger partial charge on any atom is -0.480 e. The zero-order valence-corrected chi connectivity index (χ0v) is 10.1. The molecule has 1 atom stereocenters. The Morgan fingerprint density at radius 1 is 1.50 bits per heavy atom. The van der Waals surface area contributed by atoms with E-state index in [2.05, 4.69) is 21.9 Å². The van der Waals surface area contributed by atoms with Crippen LogP contribution in [0.4, 0.5) is 0 Å². The second-order valence-corrected chi connectivity index (χ2v) is 3.77. The van der Waals surface area contributed by atoms with Gasteiger partial charge in [0.25, 0.3) is 5.91 Å². The number of hydrogen-bond donors (Lipinski definition) is 2. The standard InChI is InChI=1S/C12H15N3O3/c1-3-4-5-9(12(17)18)15-11(16)10-7-13-8(2)6-14-10/h3,6-7,9H,1,4-5H2,2H3,(H,15,16)(H,17,18). The molecule has 6 nitrogen and oxygen atoms in total. The molecule has 18 heavy (non-hydrogen) atoms. The van der Waals surface area contributed by atoms with Gasteiger partial charge in [-0.3, -0.25) is 9.78 Å². The summed E-state index contributed by atoms with van der Waals surface area (Å²) in [4.78, 5) is 30.5. The number of carbonyl (C=O) groups excluding carboxylic acids is 1. The van der Waals surface area contributed by atoms with Crippen LogP contribution < -0.4 is 5.32 Å². The maximum Gasteiger partial charge on any atom is 0.326 e. The van der Waals surface area contributed by atoms with Gasteiger partial charge in [0.15, 0.2) is 0 Å². The number of aromatic nitrogens is 2. The number of nitrogens with zero attached hydrogens (tertiary/aromatic N) is 2. The first-order valence-corrected chi connectivity index (χ1v) is 5.47. The van der Waals surface area contributed by atoms with E-state index >= 15 is 0 Å². The number of nitrogens with one attached hydrogen (secondary N) is 1. The minimum absolute atomic E-state index is 0.102. The Morgan fingerprint density at radius 2 is 2.22 bits per heavy atom. The highest BCUT2D eigenvalue weighted by atomic mass is 16.4. The lowest BCUT2D eigenvalue weighted by molar-refractivity contribution is -0.139. The van der Waals surface area contributed by atoms with Crippen LogP contribution in [-0.2, 0) is 4.79 Å². The predicted molar refractivity (Wildman–Crippen MR) is 65.1 cm³/mol. The third kappa shape index (κ3) is 3.97. The van der Waals surface area contributed by atoms with Gasteiger partial charge in [0, 0.05) is 6.20 Å². The smallest absolute Gasteiger partial charge is 0.326 e. The molecule has 0 aliphatic heterocycles. The highest BCUT2D eigenvalue weighted by Gasteiger charge is 2.20. The zero-order chi connectivity index (χ0) is 13.5. The first-order chi connectivity index (χ1) is 8.54. The van der Waals surface area contributed by atoms with Crippen LogP contribution in [0, 0.1) is 6.92 Å². The fourth-order valence-corrected chi connectivity index (χ4v) is 1.28. The molecule has 0 bridgehead atoms. The lowest BCUT2D eigenvalue weighted by Gasteiger charge is -2.12. The molecule has 0 aliphatic rings. The van der Waals surface area contributed by atoms with E-state index in [4.69, 9.17) is 5.11 Å². The topological polar surface area (TPSA) is 92.2 Å². The van der Waals surface area contributed by atoms with Crippen molar-refractivity contribution in [3.8, 4) is 0 Å². The predicted octanol–water partition coefficient (Wildman–Crippen LogP) is 0.934. The number of hydrogen-bond acceptors (Lipinski definition) is 4. The van der Waals surface area contributed by atoms with Gasteiger partial charge in [-0.05, 0) is 19.8 Å². The lowest BCUT2D eigenvalue weighted by Crippen LogP contribution is -2.41. The lowest BCUT2D eigenvalue weighted by atomic mass is 10.1. The molecule has 0 aliphatic carbocycles. The average molecular weight is 249 g/mol. The SMILES string of the molecule is C=CCCC(NC(=O)c1cnc(C)cn1)C(=O)O. The number of carbonyl (C=O) groups is 2. The Hall–Kier alpha value is -2.24. The summed E-state index contributed by atoms with van der Waals surface area (Å²) in [6.45, 7) is 5.26. The van der Waals surface area contributed by atoms with Crippen LogP contribution in [0.3, 0.4) is 0 Å². The third-order valence-electron chi connectivity index (χ3n) is 2.28. The Balaban J connectivity index is 2.68. The molecule has 1 unspecified atom stereocenters. The average Bonchev–Trinajstić information content (AvgIpc) is 2.34. The fraction of sp³-hybridized carbons (Fsp3) is 0.333. The summed E-state index contributed by atoms with van der Waals surface area (Å²) in [5.41, 5.74) is 0.790. The number of allylic oxidation sites excluding steroid dienone is 1. The van der Waals surface area contributed by atoms with Crippen molar-refractivity contribution in [3.63, 3.8) is 0 Å². The molecule has 6 heteroatoms. The van der Waals surface area contributed by atoms with E-state index in [0.29, 0.717) is 18.5 Å². The zero-order valence-electron chi connectivity index (χ0n) is 10.1.